The molecule has 0 radical (unpaired) electrons. The minimum Gasteiger partial charge on any atom is -0.335 e. The normalized spacial score (nSPS) is 18.3. The number of benzene rings is 1. The van der Waals surface area contributed by atoms with E-state index in [1.807, 2.05) is 13.8 Å². The van der Waals surface area contributed by atoms with Gasteiger partial charge in [-0.3, -0.25) is 9.78 Å². The molecule has 0 unspecified atom stereocenters. The number of aromatic amines is 1. The number of imidazole rings is 1. The number of nitrogens with zero attached hydrogens (tertiary/aromatic N) is 4. The van der Waals surface area contributed by atoms with Gasteiger partial charge in [0.25, 0.3) is 5.91 Å². The monoisotopic (exact) mass is 513 g/mol. The van der Waals surface area contributed by atoms with E-state index in [4.69, 9.17) is 0 Å². The van der Waals surface area contributed by atoms with E-state index in [1.165, 1.54) is 24.5 Å². The smallest absolute Gasteiger partial charge is 0.335 e. The summed E-state index contributed by atoms with van der Waals surface area (Å²) in [4.78, 5) is 30.6. The fourth-order valence-corrected chi connectivity index (χ4v) is 4.42. The van der Waals surface area contributed by atoms with Crippen LogP contribution in [0.25, 0.3) is 22.3 Å². The molecule has 4 aromatic rings. The summed E-state index contributed by atoms with van der Waals surface area (Å²) in [5.41, 5.74) is 0.433. The summed E-state index contributed by atoms with van der Waals surface area (Å²) < 4.78 is 52.9. The van der Waals surface area contributed by atoms with Gasteiger partial charge in [0.15, 0.2) is 0 Å². The molecule has 8 nitrogen and oxygen atoms in total. The summed E-state index contributed by atoms with van der Waals surface area (Å²) in [6.45, 7) is 5.31. The van der Waals surface area contributed by atoms with Gasteiger partial charge in [-0.2, -0.15) is 13.2 Å². The Kier molecular flexibility index (Phi) is 6.28. The fraction of sp³-hybridized carbons (Fsp3) is 0.280. The average molecular weight is 513 g/mol. The number of aromatic nitrogens is 4. The lowest BCUT2D eigenvalue weighted by Gasteiger charge is -2.36. The molecule has 1 aromatic carbocycles. The van der Waals surface area contributed by atoms with Gasteiger partial charge < -0.3 is 20.5 Å². The molecule has 1 aliphatic rings. The van der Waals surface area contributed by atoms with Gasteiger partial charge in [0, 0.05) is 36.9 Å². The number of pyridine rings is 2. The van der Waals surface area contributed by atoms with Gasteiger partial charge in [-0.1, -0.05) is 0 Å². The number of alkyl halides is 3. The van der Waals surface area contributed by atoms with Crippen LogP contribution in [0, 0.1) is 5.82 Å². The minimum atomic E-state index is -4.82. The number of hydrogen-bond acceptors (Lipinski definition) is 6. The van der Waals surface area contributed by atoms with Crippen LogP contribution in [-0.4, -0.2) is 55.9 Å². The number of rotatable bonds is 4. The maximum Gasteiger partial charge on any atom is 0.419 e. The van der Waals surface area contributed by atoms with Gasteiger partial charge in [0.2, 0.25) is 5.95 Å². The van der Waals surface area contributed by atoms with Gasteiger partial charge in [-0.05, 0) is 50.2 Å². The summed E-state index contributed by atoms with van der Waals surface area (Å²) in [6.07, 6.45) is -1.89. The molecular formula is C25H23F4N7O. The van der Waals surface area contributed by atoms with Crippen LogP contribution in [0.2, 0.25) is 0 Å². The van der Waals surface area contributed by atoms with E-state index < -0.39 is 17.6 Å². The predicted molar refractivity (Wildman–Crippen MR) is 130 cm³/mol. The molecule has 3 N–H and O–H groups in total. The van der Waals surface area contributed by atoms with E-state index in [9.17, 15) is 22.4 Å². The molecule has 1 aliphatic heterocycles. The zero-order chi connectivity index (χ0) is 26.3. The first kappa shape index (κ1) is 24.6. The third kappa shape index (κ3) is 5.24. The number of H-pyrrole nitrogens is 1. The van der Waals surface area contributed by atoms with Gasteiger partial charge >= 0.3 is 6.18 Å². The second kappa shape index (κ2) is 9.43. The molecule has 5 rings (SSSR count). The van der Waals surface area contributed by atoms with Crippen molar-refractivity contribution in [1.82, 2.24) is 30.2 Å². The Balaban J connectivity index is 1.32. The number of nitrogens with one attached hydrogen (secondary N) is 3. The average Bonchev–Trinajstić information content (AvgIpc) is 3.24. The molecule has 2 atom stereocenters. The molecule has 1 amide bonds. The van der Waals surface area contributed by atoms with Crippen LogP contribution in [-0.2, 0) is 6.18 Å². The van der Waals surface area contributed by atoms with E-state index in [0.29, 0.717) is 41.5 Å². The minimum absolute atomic E-state index is 0.0870. The lowest BCUT2D eigenvalue weighted by Crippen LogP contribution is -2.55. The van der Waals surface area contributed by atoms with Gasteiger partial charge in [0.1, 0.15) is 11.6 Å². The van der Waals surface area contributed by atoms with Crippen LogP contribution in [0.15, 0.2) is 48.8 Å². The molecule has 0 bridgehead atoms. The van der Waals surface area contributed by atoms with E-state index >= 15 is 0 Å². The van der Waals surface area contributed by atoms with E-state index in [1.54, 1.807) is 17.0 Å². The maximum absolute atomic E-state index is 13.6. The predicted octanol–water partition coefficient (Wildman–Crippen LogP) is 4.74. The number of anilines is 2. The standard InChI is InChI=1S/C25H23F4N7O/c1-13-11-36(12-14(2)32-13)23(37)16-4-6-22(31-9-16)35-24-33-20-8-19(30-10-21(20)34-24)15-3-5-18(26)17(7-15)25(27,28)29/h3-10,13-14,32H,11-12H2,1-2H3,(H2,31,33,34,35)/t13-,14+. The van der Waals surface area contributed by atoms with Gasteiger partial charge in [0.05, 0.1) is 34.1 Å². The Morgan fingerprint density at radius 2 is 1.81 bits per heavy atom. The SMILES string of the molecule is C[C@@H]1CN(C(=O)c2ccc(Nc3nc4cc(-c5ccc(F)c(C(F)(F)F)c5)ncc4[nH]3)nc2)C[C@H](C)N1. The van der Waals surface area contributed by atoms with Gasteiger partial charge in [-0.15, -0.1) is 0 Å². The molecule has 0 aliphatic carbocycles. The van der Waals surface area contributed by atoms with Crippen LogP contribution in [0.3, 0.4) is 0 Å². The van der Waals surface area contributed by atoms with Crippen molar-refractivity contribution in [2.24, 2.45) is 0 Å². The summed E-state index contributed by atoms with van der Waals surface area (Å²) in [6, 6.07) is 8.00. The Labute approximate surface area is 209 Å². The molecule has 192 valence electrons. The Bertz CT molecular complexity index is 1440. The summed E-state index contributed by atoms with van der Waals surface area (Å²) in [7, 11) is 0. The number of fused-ring (bicyclic) bond motifs is 1. The fourth-order valence-electron chi connectivity index (χ4n) is 4.42. The topological polar surface area (TPSA) is 98.8 Å². The van der Waals surface area contributed by atoms with Crippen LogP contribution >= 0.6 is 0 Å². The molecule has 12 heteroatoms. The highest BCUT2D eigenvalue weighted by atomic mass is 19.4. The second-order valence-corrected chi connectivity index (χ2v) is 9.10. The molecule has 4 heterocycles. The van der Waals surface area contributed by atoms with Crippen molar-refractivity contribution in [1.29, 1.82) is 0 Å². The molecule has 0 saturated carbocycles. The highest BCUT2D eigenvalue weighted by Gasteiger charge is 2.34. The van der Waals surface area contributed by atoms with E-state index in [-0.39, 0.29) is 29.2 Å². The van der Waals surface area contributed by atoms with Crippen molar-refractivity contribution in [3.05, 3.63) is 65.7 Å². The Hall–Kier alpha value is -4.06. The Morgan fingerprint density at radius 1 is 1.05 bits per heavy atom. The first-order chi connectivity index (χ1) is 17.6. The summed E-state index contributed by atoms with van der Waals surface area (Å²) >= 11 is 0. The van der Waals surface area contributed by atoms with Crippen molar-refractivity contribution >= 4 is 28.7 Å². The third-order valence-electron chi connectivity index (χ3n) is 6.04. The molecule has 1 fully saturated rings. The number of hydrogen-bond donors (Lipinski definition) is 3. The molecule has 0 spiro atoms. The first-order valence-electron chi connectivity index (χ1n) is 11.6. The Morgan fingerprint density at radius 3 is 2.49 bits per heavy atom. The number of carbonyl (C=O) groups is 1. The van der Waals surface area contributed by atoms with Crippen molar-refractivity contribution in [3.8, 4) is 11.3 Å². The van der Waals surface area contributed by atoms with Crippen LogP contribution in [0.5, 0.6) is 0 Å². The zero-order valence-corrected chi connectivity index (χ0v) is 19.9. The third-order valence-corrected chi connectivity index (χ3v) is 6.04. The summed E-state index contributed by atoms with van der Waals surface area (Å²) in [5.74, 6) is -0.656. The largest absolute Gasteiger partial charge is 0.419 e. The van der Waals surface area contributed by atoms with Crippen molar-refractivity contribution in [2.45, 2.75) is 32.1 Å². The molecule has 1 saturated heterocycles. The van der Waals surface area contributed by atoms with E-state index in [2.05, 4.69) is 30.6 Å². The summed E-state index contributed by atoms with van der Waals surface area (Å²) in [5, 5.41) is 6.40. The number of carbonyl (C=O) groups excluding carboxylic acids is 1. The zero-order valence-electron chi connectivity index (χ0n) is 19.9. The van der Waals surface area contributed by atoms with Crippen LogP contribution in [0.1, 0.15) is 29.8 Å². The lowest BCUT2D eigenvalue weighted by atomic mass is 10.1. The molecule has 37 heavy (non-hydrogen) atoms. The molecular weight excluding hydrogens is 490 g/mol. The number of amides is 1. The highest BCUT2D eigenvalue weighted by molar-refractivity contribution is 5.94. The highest BCUT2D eigenvalue weighted by Crippen LogP contribution is 2.34. The van der Waals surface area contributed by atoms with Gasteiger partial charge in [-0.25, -0.2) is 14.4 Å². The second-order valence-electron chi connectivity index (χ2n) is 9.10. The number of halogens is 4. The molecule has 3 aromatic heterocycles. The first-order valence-corrected chi connectivity index (χ1v) is 11.6. The quantitative estimate of drug-likeness (QED) is 0.341. The lowest BCUT2D eigenvalue weighted by molar-refractivity contribution is -0.139. The number of piperazine rings is 1. The van der Waals surface area contributed by atoms with E-state index in [0.717, 1.165) is 12.1 Å². The van der Waals surface area contributed by atoms with Crippen molar-refractivity contribution in [3.63, 3.8) is 0 Å². The van der Waals surface area contributed by atoms with Crippen molar-refractivity contribution in [2.75, 3.05) is 18.4 Å². The van der Waals surface area contributed by atoms with Crippen molar-refractivity contribution < 1.29 is 22.4 Å². The maximum atomic E-state index is 13.6. The van der Waals surface area contributed by atoms with Crippen LogP contribution in [0.4, 0.5) is 29.3 Å². The van der Waals surface area contributed by atoms with Crippen LogP contribution < -0.4 is 10.6 Å².